The Hall–Kier alpha value is -0.970. The number of hydrogen-bond acceptors (Lipinski definition) is 3. The van der Waals surface area contributed by atoms with Crippen LogP contribution in [-0.2, 0) is 0 Å². The Bertz CT molecular complexity index is 405. The number of nitrogens with two attached hydrogens (primary N) is 1. The standard InChI is InChI=1S/C12H20N4S/c1-8(2)11-10(12(13)17)14-15-16(11)9-6-4-3-5-7-9/h8-9H,3-7H2,1-2H3,(H2,13,17). The largest absolute Gasteiger partial charge is 0.388 e. The summed E-state index contributed by atoms with van der Waals surface area (Å²) >= 11 is 5.05. The predicted molar refractivity (Wildman–Crippen MR) is 72.1 cm³/mol. The third-order valence-corrected chi connectivity index (χ3v) is 3.62. The van der Waals surface area contributed by atoms with Crippen LogP contribution in [0.2, 0.25) is 0 Å². The topological polar surface area (TPSA) is 56.7 Å². The van der Waals surface area contributed by atoms with Crippen molar-refractivity contribution < 1.29 is 0 Å². The Balaban J connectivity index is 2.35. The average Bonchev–Trinajstić information content (AvgIpc) is 2.74. The molecule has 0 atom stereocenters. The van der Waals surface area contributed by atoms with Crippen molar-refractivity contribution in [2.45, 2.75) is 57.9 Å². The lowest BCUT2D eigenvalue weighted by molar-refractivity contribution is 0.314. The molecule has 0 amide bonds. The van der Waals surface area contributed by atoms with Crippen molar-refractivity contribution in [3.63, 3.8) is 0 Å². The van der Waals surface area contributed by atoms with E-state index in [1.54, 1.807) is 0 Å². The zero-order valence-electron chi connectivity index (χ0n) is 10.5. The SMILES string of the molecule is CC(C)c1c(C(N)=S)nnn1C1CCCCC1. The first kappa shape index (κ1) is 12.5. The lowest BCUT2D eigenvalue weighted by Gasteiger charge is -2.24. The quantitative estimate of drug-likeness (QED) is 0.840. The van der Waals surface area contributed by atoms with Crippen LogP contribution in [0.3, 0.4) is 0 Å². The van der Waals surface area contributed by atoms with Gasteiger partial charge in [-0.2, -0.15) is 0 Å². The van der Waals surface area contributed by atoms with Crippen molar-refractivity contribution in [3.8, 4) is 0 Å². The normalized spacial score (nSPS) is 17.6. The minimum Gasteiger partial charge on any atom is -0.388 e. The van der Waals surface area contributed by atoms with E-state index >= 15 is 0 Å². The summed E-state index contributed by atoms with van der Waals surface area (Å²) in [4.78, 5) is 0.357. The molecule has 0 aromatic carbocycles. The summed E-state index contributed by atoms with van der Waals surface area (Å²) in [5, 5.41) is 8.44. The number of hydrogen-bond donors (Lipinski definition) is 1. The Kier molecular flexibility index (Phi) is 3.76. The van der Waals surface area contributed by atoms with Gasteiger partial charge in [0.25, 0.3) is 0 Å². The summed E-state index contributed by atoms with van der Waals surface area (Å²) in [7, 11) is 0. The van der Waals surface area contributed by atoms with E-state index in [1.807, 2.05) is 0 Å². The molecule has 2 N–H and O–H groups in total. The highest BCUT2D eigenvalue weighted by Crippen LogP contribution is 2.31. The first-order valence-corrected chi connectivity index (χ1v) is 6.77. The molecule has 1 saturated carbocycles. The van der Waals surface area contributed by atoms with Crippen LogP contribution >= 0.6 is 12.2 Å². The van der Waals surface area contributed by atoms with E-state index in [-0.39, 0.29) is 0 Å². The molecular formula is C12H20N4S. The molecule has 94 valence electrons. The molecule has 0 aliphatic heterocycles. The second-order valence-corrected chi connectivity index (χ2v) is 5.52. The Labute approximate surface area is 108 Å². The van der Waals surface area contributed by atoms with Gasteiger partial charge in [0.1, 0.15) is 10.7 Å². The van der Waals surface area contributed by atoms with Gasteiger partial charge in [0.15, 0.2) is 0 Å². The molecule has 0 saturated heterocycles. The van der Waals surface area contributed by atoms with Crippen molar-refractivity contribution in [3.05, 3.63) is 11.4 Å². The highest BCUT2D eigenvalue weighted by Gasteiger charge is 2.24. The van der Waals surface area contributed by atoms with Crippen molar-refractivity contribution in [1.29, 1.82) is 0 Å². The fraction of sp³-hybridized carbons (Fsp3) is 0.750. The van der Waals surface area contributed by atoms with Gasteiger partial charge in [0.05, 0.1) is 11.7 Å². The molecule has 0 bridgehead atoms. The van der Waals surface area contributed by atoms with Gasteiger partial charge in [0, 0.05) is 0 Å². The van der Waals surface area contributed by atoms with E-state index in [0.29, 0.717) is 22.6 Å². The number of thiocarbonyl (C=S) groups is 1. The molecule has 5 heteroatoms. The second-order valence-electron chi connectivity index (χ2n) is 5.08. The minimum atomic E-state index is 0.350. The smallest absolute Gasteiger partial charge is 0.143 e. The van der Waals surface area contributed by atoms with Crippen LogP contribution in [0.25, 0.3) is 0 Å². The van der Waals surface area contributed by atoms with Crippen molar-refractivity contribution in [1.82, 2.24) is 15.0 Å². The number of rotatable bonds is 3. The Morgan fingerprint density at radius 3 is 2.53 bits per heavy atom. The van der Waals surface area contributed by atoms with Crippen LogP contribution in [-0.4, -0.2) is 20.0 Å². The molecule has 0 radical (unpaired) electrons. The molecule has 1 aliphatic rings. The molecule has 2 rings (SSSR count). The molecule has 0 spiro atoms. The van der Waals surface area contributed by atoms with Gasteiger partial charge in [-0.3, -0.25) is 0 Å². The highest BCUT2D eigenvalue weighted by atomic mass is 32.1. The van der Waals surface area contributed by atoms with Crippen LogP contribution in [0.15, 0.2) is 0 Å². The van der Waals surface area contributed by atoms with Gasteiger partial charge in [-0.1, -0.05) is 50.5 Å². The third kappa shape index (κ3) is 2.49. The monoisotopic (exact) mass is 252 g/mol. The summed E-state index contributed by atoms with van der Waals surface area (Å²) in [5.41, 5.74) is 7.52. The minimum absolute atomic E-state index is 0.350. The summed E-state index contributed by atoms with van der Waals surface area (Å²) in [5.74, 6) is 0.350. The van der Waals surface area contributed by atoms with Gasteiger partial charge >= 0.3 is 0 Å². The van der Waals surface area contributed by atoms with Gasteiger partial charge in [-0.15, -0.1) is 5.10 Å². The first-order valence-electron chi connectivity index (χ1n) is 6.36. The van der Waals surface area contributed by atoms with Crippen LogP contribution in [0.5, 0.6) is 0 Å². The van der Waals surface area contributed by atoms with E-state index in [1.165, 1.54) is 32.1 Å². The molecule has 1 fully saturated rings. The first-order chi connectivity index (χ1) is 8.11. The maximum absolute atomic E-state index is 5.71. The van der Waals surface area contributed by atoms with Gasteiger partial charge in [0.2, 0.25) is 0 Å². The van der Waals surface area contributed by atoms with Crippen molar-refractivity contribution in [2.24, 2.45) is 5.73 Å². The predicted octanol–water partition coefficient (Wildman–Crippen LogP) is 2.54. The zero-order valence-corrected chi connectivity index (χ0v) is 11.3. The average molecular weight is 252 g/mol. The maximum Gasteiger partial charge on any atom is 0.143 e. The lowest BCUT2D eigenvalue weighted by Crippen LogP contribution is -2.19. The van der Waals surface area contributed by atoms with E-state index in [4.69, 9.17) is 18.0 Å². The fourth-order valence-corrected chi connectivity index (χ4v) is 2.76. The van der Waals surface area contributed by atoms with E-state index < -0.39 is 0 Å². The number of nitrogens with zero attached hydrogens (tertiary/aromatic N) is 3. The highest BCUT2D eigenvalue weighted by molar-refractivity contribution is 7.80. The molecule has 1 aromatic heterocycles. The van der Waals surface area contributed by atoms with Gasteiger partial charge in [-0.25, -0.2) is 4.68 Å². The van der Waals surface area contributed by atoms with Crippen LogP contribution in [0.4, 0.5) is 0 Å². The van der Waals surface area contributed by atoms with Crippen LogP contribution in [0, 0.1) is 0 Å². The van der Waals surface area contributed by atoms with E-state index in [2.05, 4.69) is 28.8 Å². The van der Waals surface area contributed by atoms with Crippen molar-refractivity contribution in [2.75, 3.05) is 0 Å². The zero-order chi connectivity index (χ0) is 12.4. The fourth-order valence-electron chi connectivity index (χ4n) is 2.61. The molecule has 0 unspecified atom stereocenters. The van der Waals surface area contributed by atoms with Crippen LogP contribution in [0.1, 0.15) is 69.3 Å². The number of aromatic nitrogens is 3. The summed E-state index contributed by atoms with van der Waals surface area (Å²) < 4.78 is 2.07. The van der Waals surface area contributed by atoms with Crippen LogP contribution < -0.4 is 5.73 Å². The molecule has 4 nitrogen and oxygen atoms in total. The van der Waals surface area contributed by atoms with E-state index in [0.717, 1.165) is 5.69 Å². The molecular weight excluding hydrogens is 232 g/mol. The molecule has 1 aromatic rings. The maximum atomic E-state index is 5.71. The van der Waals surface area contributed by atoms with Gasteiger partial charge in [-0.05, 0) is 18.8 Å². The van der Waals surface area contributed by atoms with E-state index in [9.17, 15) is 0 Å². The van der Waals surface area contributed by atoms with Gasteiger partial charge < -0.3 is 5.73 Å². The van der Waals surface area contributed by atoms with Crippen molar-refractivity contribution >= 4 is 17.2 Å². The summed E-state index contributed by atoms with van der Waals surface area (Å²) in [6.45, 7) is 4.28. The third-order valence-electron chi connectivity index (χ3n) is 3.43. The summed E-state index contributed by atoms with van der Waals surface area (Å²) in [6.07, 6.45) is 6.29. The Morgan fingerprint density at radius 1 is 1.35 bits per heavy atom. The Morgan fingerprint density at radius 2 is 2.00 bits per heavy atom. The molecule has 17 heavy (non-hydrogen) atoms. The molecule has 1 aliphatic carbocycles. The summed E-state index contributed by atoms with van der Waals surface area (Å²) in [6, 6.07) is 0.483. The molecule has 1 heterocycles. The lowest BCUT2D eigenvalue weighted by atomic mass is 9.94. The second kappa shape index (κ2) is 5.12.